The molecule has 0 saturated carbocycles. The zero-order valence-electron chi connectivity index (χ0n) is 4.12. The van der Waals surface area contributed by atoms with Crippen LogP contribution in [0.5, 0.6) is 0 Å². The van der Waals surface area contributed by atoms with Gasteiger partial charge in [0.1, 0.15) is 0 Å². The van der Waals surface area contributed by atoms with Crippen LogP contribution < -0.4 is 0 Å². The molecule has 0 saturated heterocycles. The van der Waals surface area contributed by atoms with E-state index < -0.39 is 0 Å². The van der Waals surface area contributed by atoms with E-state index >= 15 is 0 Å². The Morgan fingerprint density at radius 3 is 1.60 bits per heavy atom. The van der Waals surface area contributed by atoms with Crippen molar-refractivity contribution in [2.24, 2.45) is 0 Å². The van der Waals surface area contributed by atoms with Gasteiger partial charge in [0.2, 0.25) is 0 Å². The molecule has 0 aromatic rings. The van der Waals surface area contributed by atoms with Crippen LogP contribution in [0.2, 0.25) is 1.78 Å². The molecular formula is C4H10Ba. The molecule has 0 aliphatic heterocycles. The first-order valence-electron chi connectivity index (χ1n) is 2.41. The van der Waals surface area contributed by atoms with Crippen LogP contribution in [0.1, 0.15) is 13.8 Å². The van der Waals surface area contributed by atoms with Crippen molar-refractivity contribution in [2.75, 3.05) is 0 Å². The molecule has 0 nitrogen and oxygen atoms in total. The van der Waals surface area contributed by atoms with E-state index in [1.807, 2.05) is 0 Å². The zero-order valence-corrected chi connectivity index (χ0v) is 8.56. The quantitative estimate of drug-likeness (QED) is 0.587. The fourth-order valence-corrected chi connectivity index (χ4v) is 2.57. The van der Waals surface area contributed by atoms with Gasteiger partial charge in [0.05, 0.1) is 0 Å². The molecule has 0 radical (unpaired) electrons. The molecule has 0 amide bonds. The third kappa shape index (κ3) is 5.57. The third-order valence-electron chi connectivity index (χ3n) is 0.707. The van der Waals surface area contributed by atoms with Crippen LogP contribution in [-0.2, 0) is 0 Å². The van der Waals surface area contributed by atoms with Crippen molar-refractivity contribution in [1.82, 2.24) is 0 Å². The summed E-state index contributed by atoms with van der Waals surface area (Å²) in [6.07, 6.45) is 0. The summed E-state index contributed by atoms with van der Waals surface area (Å²) >= 11 is -0.142. The Balaban J connectivity index is 2.19. The second-order valence-corrected chi connectivity index (χ2v) is 9.85. The molecule has 0 aliphatic carbocycles. The molecule has 0 heterocycles. The Morgan fingerprint density at radius 2 is 1.60 bits per heavy atom. The average Bonchev–Trinajstić information content (AvgIpc) is 1.41. The predicted molar refractivity (Wildman–Crippen MR) is 26.7 cm³/mol. The first-order valence-corrected chi connectivity index (χ1v) is 8.69. The van der Waals surface area contributed by atoms with E-state index in [4.69, 9.17) is 0 Å². The van der Waals surface area contributed by atoms with Gasteiger partial charge in [0.15, 0.2) is 0 Å². The second-order valence-electron chi connectivity index (χ2n) is 1.35. The van der Waals surface area contributed by atoms with Crippen LogP contribution in [0.4, 0.5) is 0 Å². The molecule has 0 aromatic heterocycles. The van der Waals surface area contributed by atoms with E-state index in [1.165, 1.54) is 0 Å². The van der Waals surface area contributed by atoms with Crippen molar-refractivity contribution in [3.8, 4) is 0 Å². The van der Waals surface area contributed by atoms with Gasteiger partial charge in [0.25, 0.3) is 0 Å². The third-order valence-corrected chi connectivity index (χ3v) is 5.15. The molecule has 28 valence electrons. The van der Waals surface area contributed by atoms with Gasteiger partial charge in [-0.1, -0.05) is 0 Å². The molecule has 0 aliphatic rings. The zero-order chi connectivity index (χ0) is 4.12. The minimum absolute atomic E-state index is 0.142. The van der Waals surface area contributed by atoms with E-state index in [9.17, 15) is 0 Å². The van der Waals surface area contributed by atoms with Gasteiger partial charge >= 0.3 is 59.8 Å². The number of rotatable bonds is 2. The fraction of sp³-hybridized carbons (Fsp3) is 1.00. The molecule has 0 aromatic carbocycles. The summed E-state index contributed by atoms with van der Waals surface area (Å²) < 4.78 is 3.13. The van der Waals surface area contributed by atoms with Crippen LogP contribution in [0.25, 0.3) is 0 Å². The Hall–Kier alpha value is 1.57. The summed E-state index contributed by atoms with van der Waals surface area (Å²) in [7, 11) is 0. The standard InChI is InChI=1S/2C2H5.Ba/c2*1-2;/h2*1H2,2H3;. The van der Waals surface area contributed by atoms with E-state index in [2.05, 4.69) is 13.8 Å². The van der Waals surface area contributed by atoms with Gasteiger partial charge in [-0.3, -0.25) is 0 Å². The van der Waals surface area contributed by atoms with Crippen molar-refractivity contribution in [1.29, 1.82) is 0 Å². The molecule has 0 atom stereocenters. The number of hydrogen-bond donors (Lipinski definition) is 0. The summed E-state index contributed by atoms with van der Waals surface area (Å²) in [6, 6.07) is 0. The molecule has 0 N–H and O–H groups in total. The maximum atomic E-state index is 2.31. The van der Waals surface area contributed by atoms with Crippen LogP contribution in [0.15, 0.2) is 0 Å². The van der Waals surface area contributed by atoms with Gasteiger partial charge in [-0.15, -0.1) is 0 Å². The van der Waals surface area contributed by atoms with Crippen LogP contribution in [-0.4, -0.2) is 44.2 Å². The van der Waals surface area contributed by atoms with E-state index in [0.717, 1.165) is 0 Å². The molecular weight excluding hydrogens is 185 g/mol. The fourth-order valence-electron chi connectivity index (χ4n) is 0.354. The molecule has 0 rings (SSSR count). The van der Waals surface area contributed by atoms with Gasteiger partial charge in [-0.05, 0) is 0 Å². The molecule has 0 bridgehead atoms. The van der Waals surface area contributed by atoms with E-state index in [0.29, 0.717) is 0 Å². The summed E-state index contributed by atoms with van der Waals surface area (Å²) in [5.74, 6) is 0. The Morgan fingerprint density at radius 1 is 1.20 bits per heavy atom. The summed E-state index contributed by atoms with van der Waals surface area (Å²) in [5.41, 5.74) is 0. The average molecular weight is 195 g/mol. The molecule has 0 unspecified atom stereocenters. The van der Waals surface area contributed by atoms with E-state index in [1.54, 1.807) is 1.78 Å². The monoisotopic (exact) mass is 196 g/mol. The second kappa shape index (κ2) is 5.57. The SMILES string of the molecule is C[CH2][Ba][CH2]C. The maximum absolute atomic E-state index is 2.31. The van der Waals surface area contributed by atoms with Gasteiger partial charge in [-0.25, -0.2) is 0 Å². The van der Waals surface area contributed by atoms with Crippen molar-refractivity contribution in [3.63, 3.8) is 0 Å². The normalized spacial score (nSPS) is 6.80. The van der Waals surface area contributed by atoms with Crippen LogP contribution >= 0.6 is 0 Å². The first-order chi connectivity index (χ1) is 2.41. The Labute approximate surface area is 58.7 Å². The predicted octanol–water partition coefficient (Wildman–Crippen LogP) is 1.57. The van der Waals surface area contributed by atoms with Crippen LogP contribution in [0, 0.1) is 0 Å². The number of hydrogen-bond acceptors (Lipinski definition) is 0. The topological polar surface area (TPSA) is 0 Å². The van der Waals surface area contributed by atoms with Crippen molar-refractivity contribution >= 4 is 44.2 Å². The van der Waals surface area contributed by atoms with Crippen molar-refractivity contribution in [2.45, 2.75) is 15.6 Å². The summed E-state index contributed by atoms with van der Waals surface area (Å²) in [6.45, 7) is 4.62. The Bertz CT molecular complexity index is 11.1. The summed E-state index contributed by atoms with van der Waals surface area (Å²) in [4.78, 5) is 0. The van der Waals surface area contributed by atoms with Gasteiger partial charge in [-0.2, -0.15) is 0 Å². The van der Waals surface area contributed by atoms with Crippen molar-refractivity contribution < 1.29 is 0 Å². The van der Waals surface area contributed by atoms with Crippen LogP contribution in [0.3, 0.4) is 0 Å². The van der Waals surface area contributed by atoms with Gasteiger partial charge < -0.3 is 0 Å². The Kier molecular flexibility index (Phi) is 7.32. The van der Waals surface area contributed by atoms with Gasteiger partial charge in [0, 0.05) is 0 Å². The molecule has 0 spiro atoms. The van der Waals surface area contributed by atoms with Crippen molar-refractivity contribution in [3.05, 3.63) is 0 Å². The van der Waals surface area contributed by atoms with E-state index in [-0.39, 0.29) is 44.2 Å². The summed E-state index contributed by atoms with van der Waals surface area (Å²) in [5, 5.41) is 0. The molecule has 5 heavy (non-hydrogen) atoms. The first kappa shape index (κ1) is 6.57. The molecule has 1 heteroatoms. The molecule has 0 fully saturated rings. The minimum atomic E-state index is -0.142.